The summed E-state index contributed by atoms with van der Waals surface area (Å²) in [6.45, 7) is 4.96. The van der Waals surface area contributed by atoms with E-state index in [0.29, 0.717) is 19.5 Å². The minimum absolute atomic E-state index is 0.0420. The Balaban J connectivity index is 2.41. The standard InChI is InChI=1S/C11H18N2O2/c1-3-12-8-9-13(11(12)15)7-5-4-6-10(2)14/h8-9H,3-7H2,1-2H3. The Bertz CT molecular complexity index is 376. The Labute approximate surface area is 89.5 Å². The van der Waals surface area contributed by atoms with Gasteiger partial charge in [0.05, 0.1) is 0 Å². The molecule has 0 aliphatic carbocycles. The summed E-state index contributed by atoms with van der Waals surface area (Å²) < 4.78 is 3.37. The van der Waals surface area contributed by atoms with Crippen LogP contribution in [-0.4, -0.2) is 14.9 Å². The maximum absolute atomic E-state index is 11.6. The second kappa shape index (κ2) is 5.53. The summed E-state index contributed by atoms with van der Waals surface area (Å²) in [5, 5.41) is 0. The lowest BCUT2D eigenvalue weighted by molar-refractivity contribution is -0.117. The molecule has 0 atom stereocenters. The second-order valence-corrected chi connectivity index (χ2v) is 3.72. The van der Waals surface area contributed by atoms with Crippen molar-refractivity contribution in [3.05, 3.63) is 22.9 Å². The maximum atomic E-state index is 11.6. The van der Waals surface area contributed by atoms with Crippen LogP contribution in [0.3, 0.4) is 0 Å². The highest BCUT2D eigenvalue weighted by molar-refractivity contribution is 5.75. The summed E-state index contributed by atoms with van der Waals surface area (Å²) in [5.74, 6) is 0.216. The number of hydrogen-bond donors (Lipinski definition) is 0. The summed E-state index contributed by atoms with van der Waals surface area (Å²) in [7, 11) is 0. The van der Waals surface area contributed by atoms with Gasteiger partial charge in [0.25, 0.3) is 0 Å². The van der Waals surface area contributed by atoms with Gasteiger partial charge in [-0.3, -0.25) is 9.13 Å². The van der Waals surface area contributed by atoms with Gasteiger partial charge in [-0.25, -0.2) is 4.79 Å². The Morgan fingerprint density at radius 3 is 2.47 bits per heavy atom. The predicted molar refractivity (Wildman–Crippen MR) is 58.9 cm³/mol. The number of unbranched alkanes of at least 4 members (excludes halogenated alkanes) is 1. The fraction of sp³-hybridized carbons (Fsp3) is 0.636. The lowest BCUT2D eigenvalue weighted by Crippen LogP contribution is -2.23. The van der Waals surface area contributed by atoms with Crippen LogP contribution in [0.1, 0.15) is 33.1 Å². The molecule has 0 radical (unpaired) electrons. The first-order valence-electron chi connectivity index (χ1n) is 5.40. The minimum atomic E-state index is 0.0420. The van der Waals surface area contributed by atoms with E-state index in [1.165, 1.54) is 0 Å². The number of rotatable bonds is 6. The van der Waals surface area contributed by atoms with Crippen molar-refractivity contribution in [2.45, 2.75) is 46.2 Å². The monoisotopic (exact) mass is 210 g/mol. The molecule has 0 unspecified atom stereocenters. The topological polar surface area (TPSA) is 44.0 Å². The van der Waals surface area contributed by atoms with Gasteiger partial charge < -0.3 is 4.79 Å². The molecule has 0 bridgehead atoms. The van der Waals surface area contributed by atoms with Gasteiger partial charge in [0.2, 0.25) is 0 Å². The van der Waals surface area contributed by atoms with E-state index >= 15 is 0 Å². The highest BCUT2D eigenvalue weighted by Gasteiger charge is 2.01. The third-order valence-electron chi connectivity index (χ3n) is 2.44. The Hall–Kier alpha value is -1.32. The quantitative estimate of drug-likeness (QED) is 0.667. The SMILES string of the molecule is CCn1ccn(CCCCC(C)=O)c1=O. The first-order valence-corrected chi connectivity index (χ1v) is 5.40. The molecule has 1 aromatic rings. The Kier molecular flexibility index (Phi) is 4.34. The molecule has 0 aliphatic heterocycles. The summed E-state index contributed by atoms with van der Waals surface area (Å²) in [6, 6.07) is 0. The van der Waals surface area contributed by atoms with Gasteiger partial charge >= 0.3 is 5.69 Å². The molecular formula is C11H18N2O2. The van der Waals surface area contributed by atoms with E-state index in [-0.39, 0.29) is 11.5 Å². The van der Waals surface area contributed by atoms with Crippen molar-refractivity contribution in [3.63, 3.8) is 0 Å². The van der Waals surface area contributed by atoms with Crippen LogP contribution in [0.25, 0.3) is 0 Å². The number of aryl methyl sites for hydroxylation is 2. The number of aromatic nitrogens is 2. The van der Waals surface area contributed by atoms with Crippen LogP contribution in [0.5, 0.6) is 0 Å². The van der Waals surface area contributed by atoms with Gasteiger partial charge in [0, 0.05) is 31.9 Å². The number of nitrogens with zero attached hydrogens (tertiary/aromatic N) is 2. The minimum Gasteiger partial charge on any atom is -0.300 e. The molecule has 0 amide bonds. The predicted octanol–water partition coefficient (Wildman–Crippen LogP) is 1.43. The zero-order valence-electron chi connectivity index (χ0n) is 9.40. The van der Waals surface area contributed by atoms with Crippen LogP contribution < -0.4 is 5.69 Å². The molecule has 0 saturated carbocycles. The molecular weight excluding hydrogens is 192 g/mol. The first-order chi connectivity index (χ1) is 7.15. The average molecular weight is 210 g/mol. The second-order valence-electron chi connectivity index (χ2n) is 3.72. The maximum Gasteiger partial charge on any atom is 0.328 e. The van der Waals surface area contributed by atoms with Gasteiger partial charge in [-0.05, 0) is 26.7 Å². The molecule has 0 aromatic carbocycles. The van der Waals surface area contributed by atoms with Crippen molar-refractivity contribution in [1.82, 2.24) is 9.13 Å². The molecule has 1 heterocycles. The average Bonchev–Trinajstić information content (AvgIpc) is 2.54. The van der Waals surface area contributed by atoms with Gasteiger partial charge in [0.15, 0.2) is 0 Å². The molecule has 84 valence electrons. The van der Waals surface area contributed by atoms with Crippen molar-refractivity contribution >= 4 is 5.78 Å². The van der Waals surface area contributed by atoms with Crippen LogP contribution in [-0.2, 0) is 17.9 Å². The molecule has 0 aliphatic rings. The van der Waals surface area contributed by atoms with Gasteiger partial charge in [-0.1, -0.05) is 0 Å². The summed E-state index contributed by atoms with van der Waals surface area (Å²) >= 11 is 0. The van der Waals surface area contributed by atoms with E-state index in [2.05, 4.69) is 0 Å². The molecule has 1 rings (SSSR count). The molecule has 4 nitrogen and oxygen atoms in total. The van der Waals surface area contributed by atoms with E-state index in [0.717, 1.165) is 12.8 Å². The summed E-state index contributed by atoms with van der Waals surface area (Å²) in [5.41, 5.74) is 0.0420. The number of ketones is 1. The summed E-state index contributed by atoms with van der Waals surface area (Å²) in [6.07, 6.45) is 5.96. The van der Waals surface area contributed by atoms with Crippen LogP contribution >= 0.6 is 0 Å². The fourth-order valence-electron chi connectivity index (χ4n) is 1.52. The largest absolute Gasteiger partial charge is 0.328 e. The molecule has 4 heteroatoms. The lowest BCUT2D eigenvalue weighted by Gasteiger charge is -2.00. The Morgan fingerprint density at radius 1 is 1.27 bits per heavy atom. The van der Waals surface area contributed by atoms with E-state index < -0.39 is 0 Å². The smallest absolute Gasteiger partial charge is 0.300 e. The van der Waals surface area contributed by atoms with E-state index in [4.69, 9.17) is 0 Å². The normalized spacial score (nSPS) is 10.5. The zero-order chi connectivity index (χ0) is 11.3. The Morgan fingerprint density at radius 2 is 1.93 bits per heavy atom. The third kappa shape index (κ3) is 3.38. The molecule has 0 fully saturated rings. The third-order valence-corrected chi connectivity index (χ3v) is 2.44. The van der Waals surface area contributed by atoms with E-state index in [1.54, 1.807) is 28.5 Å². The van der Waals surface area contributed by atoms with Crippen LogP contribution in [0.2, 0.25) is 0 Å². The van der Waals surface area contributed by atoms with Crippen LogP contribution in [0.4, 0.5) is 0 Å². The highest BCUT2D eigenvalue weighted by atomic mass is 16.1. The van der Waals surface area contributed by atoms with Crippen LogP contribution in [0.15, 0.2) is 17.2 Å². The van der Waals surface area contributed by atoms with Crippen molar-refractivity contribution in [2.75, 3.05) is 0 Å². The zero-order valence-corrected chi connectivity index (χ0v) is 9.40. The highest BCUT2D eigenvalue weighted by Crippen LogP contribution is 1.98. The fourth-order valence-corrected chi connectivity index (χ4v) is 1.52. The van der Waals surface area contributed by atoms with Crippen molar-refractivity contribution in [1.29, 1.82) is 0 Å². The van der Waals surface area contributed by atoms with Crippen molar-refractivity contribution in [3.8, 4) is 0 Å². The summed E-state index contributed by atoms with van der Waals surface area (Å²) in [4.78, 5) is 22.3. The van der Waals surface area contributed by atoms with Gasteiger partial charge in [-0.15, -0.1) is 0 Å². The van der Waals surface area contributed by atoms with E-state index in [9.17, 15) is 9.59 Å². The number of hydrogen-bond acceptors (Lipinski definition) is 2. The molecule has 1 aromatic heterocycles. The molecule has 0 saturated heterocycles. The number of carbonyl (C=O) groups excluding carboxylic acids is 1. The molecule has 0 spiro atoms. The van der Waals surface area contributed by atoms with Gasteiger partial charge in [0.1, 0.15) is 5.78 Å². The van der Waals surface area contributed by atoms with Crippen LogP contribution in [0, 0.1) is 0 Å². The lowest BCUT2D eigenvalue weighted by atomic mass is 10.2. The van der Waals surface area contributed by atoms with Crippen molar-refractivity contribution in [2.24, 2.45) is 0 Å². The number of Topliss-reactive ketones (excluding diaryl/α,β-unsaturated/α-hetero) is 1. The number of carbonyl (C=O) groups is 1. The van der Waals surface area contributed by atoms with E-state index in [1.807, 2.05) is 6.92 Å². The van der Waals surface area contributed by atoms with Crippen molar-refractivity contribution < 1.29 is 4.79 Å². The van der Waals surface area contributed by atoms with Gasteiger partial charge in [-0.2, -0.15) is 0 Å². The molecule has 0 N–H and O–H groups in total. The molecule has 15 heavy (non-hydrogen) atoms. The first kappa shape index (κ1) is 11.8. The number of imidazole rings is 1.